The molecule has 1 aliphatic heterocycles. The second kappa shape index (κ2) is 7.45. The number of carbonyl (C=O) groups is 1. The number of nitrogens with one attached hydrogen (secondary N) is 1. The highest BCUT2D eigenvalue weighted by atomic mass is 79.9. The number of ether oxygens (including phenoxy) is 2. The lowest BCUT2D eigenvalue weighted by atomic mass is 10.2. The summed E-state index contributed by atoms with van der Waals surface area (Å²) in [7, 11) is -3.51. The van der Waals surface area contributed by atoms with Crippen molar-refractivity contribution in [3.05, 3.63) is 46.9 Å². The maximum atomic E-state index is 12.3. The first-order valence-electron chi connectivity index (χ1n) is 7.62. The van der Waals surface area contributed by atoms with Crippen LogP contribution in [0.3, 0.4) is 0 Å². The Balaban J connectivity index is 1.60. The van der Waals surface area contributed by atoms with Gasteiger partial charge in [-0.3, -0.25) is 4.79 Å². The molecule has 0 saturated heterocycles. The third-order valence-corrected chi connectivity index (χ3v) is 5.86. The third-order valence-electron chi connectivity index (χ3n) is 3.60. The quantitative estimate of drug-likeness (QED) is 0.795. The molecule has 2 aromatic rings. The van der Waals surface area contributed by atoms with Crippen LogP contribution in [0.5, 0.6) is 11.5 Å². The van der Waals surface area contributed by atoms with Gasteiger partial charge >= 0.3 is 0 Å². The molecule has 1 N–H and O–H groups in total. The highest BCUT2D eigenvalue weighted by Crippen LogP contribution is 2.32. The molecule has 8 heteroatoms. The lowest BCUT2D eigenvalue weighted by Crippen LogP contribution is -2.18. The van der Waals surface area contributed by atoms with Crippen molar-refractivity contribution in [3.63, 3.8) is 0 Å². The predicted octanol–water partition coefficient (Wildman–Crippen LogP) is 3.02. The van der Waals surface area contributed by atoms with Crippen LogP contribution in [0.25, 0.3) is 0 Å². The zero-order valence-corrected chi connectivity index (χ0v) is 15.6. The third kappa shape index (κ3) is 4.52. The first-order chi connectivity index (χ1) is 11.9. The molecule has 1 aliphatic rings. The van der Waals surface area contributed by atoms with E-state index in [1.807, 2.05) is 0 Å². The summed E-state index contributed by atoms with van der Waals surface area (Å²) in [6, 6.07) is 11.4. The van der Waals surface area contributed by atoms with Crippen LogP contribution in [-0.2, 0) is 14.6 Å². The van der Waals surface area contributed by atoms with E-state index < -0.39 is 9.84 Å². The normalized spacial score (nSPS) is 13.3. The Morgan fingerprint density at radius 2 is 1.72 bits per heavy atom. The number of rotatable bonds is 5. The van der Waals surface area contributed by atoms with E-state index >= 15 is 0 Å². The molecule has 3 rings (SSSR count). The summed E-state index contributed by atoms with van der Waals surface area (Å²) < 4.78 is 36.2. The van der Waals surface area contributed by atoms with Gasteiger partial charge in [0, 0.05) is 22.6 Å². The van der Waals surface area contributed by atoms with Crippen LogP contribution in [0.1, 0.15) is 6.42 Å². The minimum absolute atomic E-state index is 0.132. The molecule has 0 bridgehead atoms. The monoisotopic (exact) mass is 425 g/mol. The van der Waals surface area contributed by atoms with Gasteiger partial charge in [-0.1, -0.05) is 15.9 Å². The molecule has 6 nitrogen and oxygen atoms in total. The number of hydrogen-bond acceptors (Lipinski definition) is 5. The molecule has 0 unspecified atom stereocenters. The Labute approximate surface area is 154 Å². The maximum absolute atomic E-state index is 12.3. The molecule has 25 heavy (non-hydrogen) atoms. The van der Waals surface area contributed by atoms with Gasteiger partial charge < -0.3 is 14.8 Å². The topological polar surface area (TPSA) is 81.7 Å². The van der Waals surface area contributed by atoms with Gasteiger partial charge in [0.1, 0.15) is 13.2 Å². The van der Waals surface area contributed by atoms with E-state index in [1.54, 1.807) is 30.3 Å². The van der Waals surface area contributed by atoms with E-state index in [-0.39, 0.29) is 23.0 Å². The van der Waals surface area contributed by atoms with Crippen molar-refractivity contribution < 1.29 is 22.7 Å². The minimum atomic E-state index is -3.51. The largest absolute Gasteiger partial charge is 0.486 e. The average Bonchev–Trinajstić information content (AvgIpc) is 2.60. The summed E-state index contributed by atoms with van der Waals surface area (Å²) in [5.41, 5.74) is 0.537. The van der Waals surface area contributed by atoms with Crippen molar-refractivity contribution in [2.45, 2.75) is 11.3 Å². The number of halogens is 1. The van der Waals surface area contributed by atoms with Crippen molar-refractivity contribution in [2.24, 2.45) is 0 Å². The molecule has 2 aromatic carbocycles. The van der Waals surface area contributed by atoms with Crippen LogP contribution < -0.4 is 14.8 Å². The summed E-state index contributed by atoms with van der Waals surface area (Å²) in [5.74, 6) is 0.552. The molecule has 0 aliphatic carbocycles. The first kappa shape index (κ1) is 17.8. The van der Waals surface area contributed by atoms with Gasteiger partial charge in [-0.15, -0.1) is 0 Å². The second-order valence-electron chi connectivity index (χ2n) is 5.43. The first-order valence-corrected chi connectivity index (χ1v) is 10.1. The summed E-state index contributed by atoms with van der Waals surface area (Å²) in [6.07, 6.45) is -0.132. The molecule has 1 amide bonds. The lowest BCUT2D eigenvalue weighted by molar-refractivity contribution is -0.115. The average molecular weight is 426 g/mol. The number of anilines is 1. The molecule has 0 fully saturated rings. The molecule has 0 spiro atoms. The minimum Gasteiger partial charge on any atom is -0.486 e. The molecule has 0 radical (unpaired) electrons. The zero-order chi connectivity index (χ0) is 17.9. The zero-order valence-electron chi connectivity index (χ0n) is 13.2. The molecule has 1 heterocycles. The SMILES string of the molecule is O=C(CCS(=O)(=O)c1ccc(Br)cc1)Nc1ccc2c(c1)OCCO2. The molecule has 0 saturated carbocycles. The summed E-state index contributed by atoms with van der Waals surface area (Å²) in [6.45, 7) is 0.947. The van der Waals surface area contributed by atoms with Gasteiger partial charge in [-0.25, -0.2) is 8.42 Å². The maximum Gasteiger partial charge on any atom is 0.225 e. The summed E-state index contributed by atoms with van der Waals surface area (Å²) in [4.78, 5) is 12.3. The van der Waals surface area contributed by atoms with E-state index in [0.29, 0.717) is 30.4 Å². The fraction of sp³-hybridized carbons (Fsp3) is 0.235. The van der Waals surface area contributed by atoms with Crippen molar-refractivity contribution >= 4 is 37.4 Å². The smallest absolute Gasteiger partial charge is 0.225 e. The fourth-order valence-corrected chi connectivity index (χ4v) is 3.84. The summed E-state index contributed by atoms with van der Waals surface area (Å²) in [5, 5.41) is 2.68. The van der Waals surface area contributed by atoms with E-state index in [1.165, 1.54) is 12.1 Å². The predicted molar refractivity (Wildman–Crippen MR) is 96.9 cm³/mol. The van der Waals surface area contributed by atoms with Gasteiger partial charge in [0.25, 0.3) is 0 Å². The van der Waals surface area contributed by atoms with Crippen molar-refractivity contribution in [2.75, 3.05) is 24.3 Å². The number of amides is 1. The Morgan fingerprint density at radius 1 is 1.04 bits per heavy atom. The van der Waals surface area contributed by atoms with Crippen LogP contribution in [0.2, 0.25) is 0 Å². The van der Waals surface area contributed by atoms with Crippen LogP contribution in [0, 0.1) is 0 Å². The number of carbonyl (C=O) groups excluding carboxylic acids is 1. The Kier molecular flexibility index (Phi) is 5.29. The number of sulfone groups is 1. The number of fused-ring (bicyclic) bond motifs is 1. The van der Waals surface area contributed by atoms with E-state index in [9.17, 15) is 13.2 Å². The van der Waals surface area contributed by atoms with Crippen molar-refractivity contribution in [3.8, 4) is 11.5 Å². The van der Waals surface area contributed by atoms with Crippen molar-refractivity contribution in [1.82, 2.24) is 0 Å². The lowest BCUT2D eigenvalue weighted by Gasteiger charge is -2.19. The van der Waals surface area contributed by atoms with Crippen LogP contribution in [0.15, 0.2) is 51.8 Å². The van der Waals surface area contributed by atoms with Crippen LogP contribution in [-0.4, -0.2) is 33.3 Å². The number of hydrogen-bond donors (Lipinski definition) is 1. The highest BCUT2D eigenvalue weighted by Gasteiger charge is 2.17. The van der Waals surface area contributed by atoms with E-state index in [2.05, 4.69) is 21.2 Å². The molecule has 132 valence electrons. The van der Waals surface area contributed by atoms with Gasteiger partial charge in [-0.05, 0) is 36.4 Å². The van der Waals surface area contributed by atoms with Crippen LogP contribution in [0.4, 0.5) is 5.69 Å². The Morgan fingerprint density at radius 3 is 2.44 bits per heavy atom. The molecule has 0 aromatic heterocycles. The Hall–Kier alpha value is -2.06. The number of benzene rings is 2. The van der Waals surface area contributed by atoms with Gasteiger partial charge in [0.15, 0.2) is 21.3 Å². The standard InChI is InChI=1S/C17H16BrNO5S/c18-12-1-4-14(5-2-12)25(21,22)10-7-17(20)19-13-3-6-15-16(11-13)24-9-8-23-15/h1-6,11H,7-10H2,(H,19,20). The van der Waals surface area contributed by atoms with E-state index in [0.717, 1.165) is 4.47 Å². The molecular formula is C17H16BrNO5S. The molecular weight excluding hydrogens is 410 g/mol. The summed E-state index contributed by atoms with van der Waals surface area (Å²) >= 11 is 3.26. The fourth-order valence-electron chi connectivity index (χ4n) is 2.33. The second-order valence-corrected chi connectivity index (χ2v) is 8.45. The Bertz CT molecular complexity index is 880. The van der Waals surface area contributed by atoms with Gasteiger partial charge in [0.05, 0.1) is 10.6 Å². The van der Waals surface area contributed by atoms with E-state index in [4.69, 9.17) is 9.47 Å². The van der Waals surface area contributed by atoms with Gasteiger partial charge in [-0.2, -0.15) is 0 Å². The van der Waals surface area contributed by atoms with Crippen LogP contribution >= 0.6 is 15.9 Å². The van der Waals surface area contributed by atoms with Crippen molar-refractivity contribution in [1.29, 1.82) is 0 Å². The highest BCUT2D eigenvalue weighted by molar-refractivity contribution is 9.10. The van der Waals surface area contributed by atoms with Gasteiger partial charge in [0.2, 0.25) is 5.91 Å². The molecule has 0 atom stereocenters.